The summed E-state index contributed by atoms with van der Waals surface area (Å²) in [5, 5.41) is 9.02. The van der Waals surface area contributed by atoms with Gasteiger partial charge in [-0.15, -0.1) is 0 Å². The molecule has 0 heterocycles. The zero-order valence-corrected chi connectivity index (χ0v) is 23.6. The fourth-order valence-corrected chi connectivity index (χ4v) is 3.72. The highest BCUT2D eigenvalue weighted by Crippen LogP contribution is 2.19. The van der Waals surface area contributed by atoms with Crippen LogP contribution < -0.4 is 25.5 Å². The minimum absolute atomic E-state index is 0.169. The van der Waals surface area contributed by atoms with Gasteiger partial charge < -0.3 is 20.1 Å². The fourth-order valence-electron chi connectivity index (χ4n) is 3.72. The standard InChI is InChI=1S/C33H30N4O6/c1-3-20-42-26-18-12-24(13-19-26)33(41)43-27-16-10-23(11-17-27)21-34-37-32(40)31(39)36-29-7-5-4-6-28(29)30(38)35-25-14-8-22(2)9-15-25/h4-19,21H,3,20H2,1-2H3,(H,35,38)(H,36,39)(H,37,40)/b34-21+. The Labute approximate surface area is 248 Å². The number of carbonyl (C=O) groups excluding carboxylic acids is 4. The van der Waals surface area contributed by atoms with E-state index in [9.17, 15) is 19.2 Å². The summed E-state index contributed by atoms with van der Waals surface area (Å²) >= 11 is 0. The quantitative estimate of drug-likeness (QED) is 0.0764. The molecular weight excluding hydrogens is 548 g/mol. The highest BCUT2D eigenvalue weighted by Gasteiger charge is 2.18. The van der Waals surface area contributed by atoms with Crippen molar-refractivity contribution >= 4 is 41.3 Å². The van der Waals surface area contributed by atoms with Crippen molar-refractivity contribution in [2.45, 2.75) is 20.3 Å². The van der Waals surface area contributed by atoms with E-state index in [1.54, 1.807) is 72.8 Å². The molecule has 0 aliphatic rings. The molecule has 0 bridgehead atoms. The molecule has 0 radical (unpaired) electrons. The molecule has 0 saturated heterocycles. The zero-order valence-electron chi connectivity index (χ0n) is 23.6. The average Bonchev–Trinajstić information content (AvgIpc) is 3.02. The van der Waals surface area contributed by atoms with Crippen LogP contribution >= 0.6 is 0 Å². The van der Waals surface area contributed by atoms with Crippen molar-refractivity contribution < 1.29 is 28.7 Å². The van der Waals surface area contributed by atoms with Crippen LogP contribution in [0.15, 0.2) is 102 Å². The van der Waals surface area contributed by atoms with E-state index in [2.05, 4.69) is 21.2 Å². The topological polar surface area (TPSA) is 135 Å². The van der Waals surface area contributed by atoms with Crippen LogP contribution in [0, 0.1) is 6.92 Å². The third-order valence-corrected chi connectivity index (χ3v) is 5.97. The van der Waals surface area contributed by atoms with Gasteiger partial charge in [0.1, 0.15) is 11.5 Å². The molecule has 0 saturated carbocycles. The number of carbonyl (C=O) groups is 4. The van der Waals surface area contributed by atoms with Crippen LogP contribution in [0.1, 0.15) is 45.2 Å². The molecule has 0 aliphatic carbocycles. The smallest absolute Gasteiger partial charge is 0.343 e. The van der Waals surface area contributed by atoms with Gasteiger partial charge in [0.05, 0.1) is 29.6 Å². The molecule has 0 fully saturated rings. The molecule has 10 heteroatoms. The van der Waals surface area contributed by atoms with Gasteiger partial charge in [0.25, 0.3) is 5.91 Å². The van der Waals surface area contributed by atoms with Gasteiger partial charge in [-0.25, -0.2) is 10.2 Å². The van der Waals surface area contributed by atoms with Crippen LogP contribution in [0.2, 0.25) is 0 Å². The number of benzene rings is 4. The summed E-state index contributed by atoms with van der Waals surface area (Å²) < 4.78 is 10.9. The molecule has 43 heavy (non-hydrogen) atoms. The molecule has 218 valence electrons. The van der Waals surface area contributed by atoms with E-state index in [4.69, 9.17) is 9.47 Å². The van der Waals surface area contributed by atoms with Crippen molar-refractivity contribution in [3.05, 3.63) is 119 Å². The first-order valence-electron chi connectivity index (χ1n) is 13.5. The van der Waals surface area contributed by atoms with Gasteiger partial charge in [-0.05, 0) is 91.7 Å². The third kappa shape index (κ3) is 8.86. The van der Waals surface area contributed by atoms with E-state index >= 15 is 0 Å². The number of hydrogen-bond donors (Lipinski definition) is 3. The van der Waals surface area contributed by atoms with Crippen molar-refractivity contribution in [2.75, 3.05) is 17.2 Å². The molecule has 0 aromatic heterocycles. The molecule has 3 amide bonds. The second-order valence-corrected chi connectivity index (χ2v) is 9.35. The number of rotatable bonds is 10. The van der Waals surface area contributed by atoms with Crippen LogP contribution in [0.4, 0.5) is 11.4 Å². The first kappa shape index (κ1) is 30.2. The lowest BCUT2D eigenvalue weighted by Gasteiger charge is -2.11. The molecule has 3 N–H and O–H groups in total. The van der Waals surface area contributed by atoms with E-state index in [0.717, 1.165) is 12.0 Å². The number of aryl methyl sites for hydroxylation is 1. The first-order chi connectivity index (χ1) is 20.8. The molecule has 0 aliphatic heterocycles. The Hall–Kier alpha value is -5.77. The molecule has 0 spiro atoms. The number of hydrazone groups is 1. The normalized spacial score (nSPS) is 10.6. The maximum absolute atomic E-state index is 12.8. The SMILES string of the molecule is CCCOc1ccc(C(=O)Oc2ccc(/C=N/NC(=O)C(=O)Nc3ccccc3C(=O)Nc3ccc(C)cc3)cc2)cc1. The monoisotopic (exact) mass is 578 g/mol. The predicted molar refractivity (Wildman–Crippen MR) is 164 cm³/mol. The van der Waals surface area contributed by atoms with Crippen molar-refractivity contribution in [3.63, 3.8) is 0 Å². The van der Waals surface area contributed by atoms with E-state index in [-0.39, 0.29) is 11.3 Å². The minimum atomic E-state index is -1.03. The Bertz CT molecular complexity index is 1610. The van der Waals surface area contributed by atoms with E-state index in [1.165, 1.54) is 18.3 Å². The number of esters is 1. The predicted octanol–water partition coefficient (Wildman–Crippen LogP) is 5.34. The second-order valence-electron chi connectivity index (χ2n) is 9.35. The number of nitrogens with zero attached hydrogens (tertiary/aromatic N) is 1. The van der Waals surface area contributed by atoms with Crippen molar-refractivity contribution in [3.8, 4) is 11.5 Å². The van der Waals surface area contributed by atoms with Gasteiger partial charge in [0.15, 0.2) is 0 Å². The van der Waals surface area contributed by atoms with E-state index < -0.39 is 23.7 Å². The zero-order chi connectivity index (χ0) is 30.6. The number of ether oxygens (including phenoxy) is 2. The van der Waals surface area contributed by atoms with Crippen LogP contribution in [0.25, 0.3) is 0 Å². The third-order valence-electron chi connectivity index (χ3n) is 5.97. The lowest BCUT2D eigenvalue weighted by atomic mass is 10.1. The van der Waals surface area contributed by atoms with Gasteiger partial charge >= 0.3 is 17.8 Å². The summed E-state index contributed by atoms with van der Waals surface area (Å²) in [5.41, 5.74) is 5.11. The van der Waals surface area contributed by atoms with Gasteiger partial charge in [0, 0.05) is 5.69 Å². The summed E-state index contributed by atoms with van der Waals surface area (Å²) in [4.78, 5) is 50.0. The number of amides is 3. The van der Waals surface area contributed by atoms with Crippen LogP contribution in [-0.2, 0) is 9.59 Å². The Morgan fingerprint density at radius 1 is 0.767 bits per heavy atom. The summed E-state index contributed by atoms with van der Waals surface area (Å²) in [6.45, 7) is 4.55. The van der Waals surface area contributed by atoms with Gasteiger partial charge in [-0.3, -0.25) is 14.4 Å². The van der Waals surface area contributed by atoms with Crippen LogP contribution in [0.3, 0.4) is 0 Å². The molecule has 4 rings (SSSR count). The van der Waals surface area contributed by atoms with Gasteiger partial charge in [-0.1, -0.05) is 36.8 Å². The molecular formula is C33H30N4O6. The molecule has 0 unspecified atom stereocenters. The summed E-state index contributed by atoms with van der Waals surface area (Å²) in [6.07, 6.45) is 2.22. The summed E-state index contributed by atoms with van der Waals surface area (Å²) in [6, 6.07) is 26.7. The maximum atomic E-state index is 12.8. The largest absolute Gasteiger partial charge is 0.494 e. The number of para-hydroxylation sites is 1. The minimum Gasteiger partial charge on any atom is -0.494 e. The van der Waals surface area contributed by atoms with Crippen molar-refractivity contribution in [2.24, 2.45) is 5.10 Å². The highest BCUT2D eigenvalue weighted by atomic mass is 16.5. The lowest BCUT2D eigenvalue weighted by molar-refractivity contribution is -0.136. The van der Waals surface area contributed by atoms with E-state index in [1.807, 2.05) is 26.0 Å². The first-order valence-corrected chi connectivity index (χ1v) is 13.5. The number of hydrogen-bond acceptors (Lipinski definition) is 7. The van der Waals surface area contributed by atoms with Gasteiger partial charge in [-0.2, -0.15) is 5.10 Å². The van der Waals surface area contributed by atoms with Crippen LogP contribution in [-0.4, -0.2) is 36.5 Å². The van der Waals surface area contributed by atoms with Crippen molar-refractivity contribution in [1.29, 1.82) is 0 Å². The summed E-state index contributed by atoms with van der Waals surface area (Å²) in [7, 11) is 0. The fraction of sp³-hybridized carbons (Fsp3) is 0.121. The van der Waals surface area contributed by atoms with Crippen molar-refractivity contribution in [1.82, 2.24) is 5.43 Å². The Balaban J connectivity index is 1.28. The molecule has 4 aromatic carbocycles. The number of anilines is 2. The Morgan fingerprint density at radius 2 is 1.44 bits per heavy atom. The Kier molecular flexibility index (Phi) is 10.4. The molecule has 10 nitrogen and oxygen atoms in total. The maximum Gasteiger partial charge on any atom is 0.343 e. The second kappa shape index (κ2) is 14.7. The van der Waals surface area contributed by atoms with Crippen LogP contribution in [0.5, 0.6) is 11.5 Å². The van der Waals surface area contributed by atoms with Gasteiger partial charge in [0.2, 0.25) is 0 Å². The lowest BCUT2D eigenvalue weighted by Crippen LogP contribution is -2.33. The molecule has 4 aromatic rings. The Morgan fingerprint density at radius 3 is 2.14 bits per heavy atom. The number of nitrogens with one attached hydrogen (secondary N) is 3. The molecule has 0 atom stereocenters. The average molecular weight is 579 g/mol. The summed E-state index contributed by atoms with van der Waals surface area (Å²) in [5.74, 6) is -1.99. The highest BCUT2D eigenvalue weighted by molar-refractivity contribution is 6.40. The van der Waals surface area contributed by atoms with E-state index in [0.29, 0.717) is 34.9 Å².